The van der Waals surface area contributed by atoms with Gasteiger partial charge in [-0.25, -0.2) is 4.39 Å². The first-order valence-electron chi connectivity index (χ1n) is 6.19. The molecule has 0 aliphatic carbocycles. The second kappa shape index (κ2) is 6.45. The minimum atomic E-state index is -0.518. The van der Waals surface area contributed by atoms with Gasteiger partial charge in [0, 0.05) is 5.69 Å². The molecule has 0 radical (unpaired) electrons. The topological polar surface area (TPSA) is 64.3 Å². The molecule has 0 spiro atoms. The van der Waals surface area contributed by atoms with Gasteiger partial charge in [-0.2, -0.15) is 0 Å². The predicted molar refractivity (Wildman–Crippen MR) is 81.1 cm³/mol. The van der Waals surface area contributed by atoms with E-state index in [1.807, 2.05) is 0 Å². The van der Waals surface area contributed by atoms with Crippen molar-refractivity contribution in [2.24, 2.45) is 0 Å². The predicted octanol–water partition coefficient (Wildman–Crippen LogP) is 3.39. The van der Waals surface area contributed by atoms with Gasteiger partial charge in [-0.3, -0.25) is 4.79 Å². The van der Waals surface area contributed by atoms with Crippen LogP contribution in [0.5, 0.6) is 5.75 Å². The van der Waals surface area contributed by atoms with Gasteiger partial charge >= 0.3 is 0 Å². The van der Waals surface area contributed by atoms with Crippen molar-refractivity contribution in [1.82, 2.24) is 0 Å². The van der Waals surface area contributed by atoms with Gasteiger partial charge in [0.25, 0.3) is 5.91 Å². The molecule has 2 aromatic carbocycles. The van der Waals surface area contributed by atoms with E-state index < -0.39 is 11.7 Å². The number of anilines is 2. The summed E-state index contributed by atoms with van der Waals surface area (Å²) in [5.74, 6) is -0.942. The van der Waals surface area contributed by atoms with Crippen molar-refractivity contribution in [3.05, 3.63) is 52.8 Å². The molecule has 21 heavy (non-hydrogen) atoms. The number of hydrogen-bond acceptors (Lipinski definition) is 3. The molecule has 0 aliphatic heterocycles. The van der Waals surface area contributed by atoms with Gasteiger partial charge in [0.2, 0.25) is 0 Å². The van der Waals surface area contributed by atoms with E-state index >= 15 is 0 Å². The van der Waals surface area contributed by atoms with Crippen LogP contribution in [0.1, 0.15) is 5.56 Å². The van der Waals surface area contributed by atoms with E-state index in [1.165, 1.54) is 18.2 Å². The SMILES string of the molecule is Cc1ccc(F)c(OCC(=O)Nc2cc(N)ccc2Cl)c1. The summed E-state index contributed by atoms with van der Waals surface area (Å²) in [5.41, 5.74) is 7.31. The van der Waals surface area contributed by atoms with Crippen molar-refractivity contribution in [3.8, 4) is 5.75 Å². The lowest BCUT2D eigenvalue weighted by molar-refractivity contribution is -0.118. The summed E-state index contributed by atoms with van der Waals surface area (Å²) in [4.78, 5) is 11.8. The smallest absolute Gasteiger partial charge is 0.262 e. The molecule has 2 rings (SSSR count). The maximum atomic E-state index is 13.5. The largest absolute Gasteiger partial charge is 0.481 e. The van der Waals surface area contributed by atoms with Crippen molar-refractivity contribution in [1.29, 1.82) is 0 Å². The molecule has 0 atom stereocenters. The zero-order chi connectivity index (χ0) is 15.4. The highest BCUT2D eigenvalue weighted by Crippen LogP contribution is 2.24. The standard InChI is InChI=1S/C15H14ClFN2O2/c1-9-2-5-12(17)14(6-9)21-8-15(20)19-13-7-10(18)3-4-11(13)16/h2-7H,8,18H2,1H3,(H,19,20). The molecule has 110 valence electrons. The molecular weight excluding hydrogens is 295 g/mol. The Morgan fingerprint density at radius 3 is 2.86 bits per heavy atom. The number of ether oxygens (including phenoxy) is 1. The van der Waals surface area contributed by atoms with E-state index in [1.54, 1.807) is 25.1 Å². The van der Waals surface area contributed by atoms with E-state index in [2.05, 4.69) is 5.32 Å². The van der Waals surface area contributed by atoms with Crippen molar-refractivity contribution in [3.63, 3.8) is 0 Å². The zero-order valence-electron chi connectivity index (χ0n) is 11.3. The Bertz CT molecular complexity index is 677. The number of nitrogens with one attached hydrogen (secondary N) is 1. The van der Waals surface area contributed by atoms with Gasteiger partial charge in [-0.15, -0.1) is 0 Å². The average molecular weight is 309 g/mol. The number of aryl methyl sites for hydroxylation is 1. The maximum Gasteiger partial charge on any atom is 0.262 e. The molecule has 0 aromatic heterocycles. The van der Waals surface area contributed by atoms with E-state index in [9.17, 15) is 9.18 Å². The lowest BCUT2D eigenvalue weighted by Crippen LogP contribution is -2.20. The highest BCUT2D eigenvalue weighted by Gasteiger charge is 2.09. The third kappa shape index (κ3) is 4.10. The molecule has 0 saturated carbocycles. The minimum absolute atomic E-state index is 0.0313. The van der Waals surface area contributed by atoms with E-state index in [4.69, 9.17) is 22.1 Å². The van der Waals surface area contributed by atoms with Gasteiger partial charge in [0.15, 0.2) is 18.2 Å². The van der Waals surface area contributed by atoms with Crippen LogP contribution in [0.25, 0.3) is 0 Å². The molecule has 4 nitrogen and oxygen atoms in total. The van der Waals surface area contributed by atoms with Crippen molar-refractivity contribution < 1.29 is 13.9 Å². The average Bonchev–Trinajstić information content (AvgIpc) is 2.44. The van der Waals surface area contributed by atoms with Crippen LogP contribution in [0.4, 0.5) is 15.8 Å². The number of halogens is 2. The first-order valence-corrected chi connectivity index (χ1v) is 6.57. The molecule has 0 unspecified atom stereocenters. The quantitative estimate of drug-likeness (QED) is 0.851. The third-order valence-corrected chi connectivity index (χ3v) is 3.04. The van der Waals surface area contributed by atoms with Crippen LogP contribution in [-0.2, 0) is 4.79 Å². The van der Waals surface area contributed by atoms with Crippen LogP contribution >= 0.6 is 11.6 Å². The highest BCUT2D eigenvalue weighted by atomic mass is 35.5. The fourth-order valence-corrected chi connectivity index (χ4v) is 1.85. The lowest BCUT2D eigenvalue weighted by atomic mass is 10.2. The molecule has 0 saturated heterocycles. The molecule has 1 amide bonds. The van der Waals surface area contributed by atoms with Crippen molar-refractivity contribution >= 4 is 28.9 Å². The number of nitrogen functional groups attached to an aromatic ring is 1. The number of hydrogen-bond donors (Lipinski definition) is 2. The summed E-state index contributed by atoms with van der Waals surface area (Å²) < 4.78 is 18.6. The fraction of sp³-hybridized carbons (Fsp3) is 0.133. The zero-order valence-corrected chi connectivity index (χ0v) is 12.1. The van der Waals surface area contributed by atoms with Gasteiger partial charge in [0.05, 0.1) is 10.7 Å². The number of amides is 1. The van der Waals surface area contributed by atoms with E-state index in [0.29, 0.717) is 16.4 Å². The first kappa shape index (κ1) is 15.1. The summed E-state index contributed by atoms with van der Waals surface area (Å²) in [6, 6.07) is 9.17. The second-order valence-electron chi connectivity index (χ2n) is 4.51. The Kier molecular flexibility index (Phi) is 4.65. The molecular formula is C15H14ClFN2O2. The maximum absolute atomic E-state index is 13.5. The summed E-state index contributed by atoms with van der Waals surface area (Å²) in [7, 11) is 0. The van der Waals surface area contributed by atoms with E-state index in [-0.39, 0.29) is 12.4 Å². The number of carbonyl (C=O) groups excluding carboxylic acids is 1. The van der Waals surface area contributed by atoms with Crippen molar-refractivity contribution in [2.75, 3.05) is 17.7 Å². The molecule has 0 heterocycles. The minimum Gasteiger partial charge on any atom is -0.481 e. The lowest BCUT2D eigenvalue weighted by Gasteiger charge is -2.10. The van der Waals surface area contributed by atoms with Crippen LogP contribution in [0.2, 0.25) is 5.02 Å². The first-order chi connectivity index (χ1) is 9.95. The molecule has 3 N–H and O–H groups in total. The molecule has 0 fully saturated rings. The Morgan fingerprint density at radius 1 is 1.33 bits per heavy atom. The normalized spacial score (nSPS) is 10.2. The Balaban J connectivity index is 1.99. The van der Waals surface area contributed by atoms with Crippen LogP contribution in [-0.4, -0.2) is 12.5 Å². The van der Waals surface area contributed by atoms with Crippen LogP contribution in [0.3, 0.4) is 0 Å². The van der Waals surface area contributed by atoms with Gasteiger partial charge in [0.1, 0.15) is 0 Å². The van der Waals surface area contributed by atoms with Crippen LogP contribution < -0.4 is 15.8 Å². The van der Waals surface area contributed by atoms with Crippen LogP contribution in [0, 0.1) is 12.7 Å². The van der Waals surface area contributed by atoms with Crippen LogP contribution in [0.15, 0.2) is 36.4 Å². The molecule has 6 heteroatoms. The van der Waals surface area contributed by atoms with Gasteiger partial charge < -0.3 is 15.8 Å². The summed E-state index contributed by atoms with van der Waals surface area (Å²) in [6.07, 6.45) is 0. The summed E-state index contributed by atoms with van der Waals surface area (Å²) in [5, 5.41) is 2.92. The number of benzene rings is 2. The number of nitrogens with two attached hydrogens (primary N) is 1. The fourth-order valence-electron chi connectivity index (χ4n) is 1.69. The van der Waals surface area contributed by atoms with Gasteiger partial charge in [-0.05, 0) is 42.8 Å². The van der Waals surface area contributed by atoms with Gasteiger partial charge in [-0.1, -0.05) is 17.7 Å². The molecule has 2 aromatic rings. The Hall–Kier alpha value is -2.27. The number of carbonyl (C=O) groups is 1. The Morgan fingerprint density at radius 2 is 2.10 bits per heavy atom. The molecule has 0 aliphatic rings. The van der Waals surface area contributed by atoms with Crippen molar-refractivity contribution in [2.45, 2.75) is 6.92 Å². The Labute approximate surface area is 126 Å². The molecule has 0 bridgehead atoms. The third-order valence-electron chi connectivity index (χ3n) is 2.71. The second-order valence-corrected chi connectivity index (χ2v) is 4.92. The number of rotatable bonds is 4. The summed E-state index contributed by atoms with van der Waals surface area (Å²) >= 11 is 5.93. The monoisotopic (exact) mass is 308 g/mol. The highest BCUT2D eigenvalue weighted by molar-refractivity contribution is 6.33. The summed E-state index contributed by atoms with van der Waals surface area (Å²) in [6.45, 7) is 1.48. The van der Waals surface area contributed by atoms with E-state index in [0.717, 1.165) is 5.56 Å².